The summed E-state index contributed by atoms with van der Waals surface area (Å²) < 4.78 is 22.0. The van der Waals surface area contributed by atoms with E-state index in [4.69, 9.17) is 4.74 Å². The van der Waals surface area contributed by atoms with Gasteiger partial charge < -0.3 is 9.64 Å². The molecule has 1 amide bonds. The van der Waals surface area contributed by atoms with Crippen LogP contribution in [0.5, 0.6) is 0 Å². The van der Waals surface area contributed by atoms with Gasteiger partial charge in [-0.05, 0) is 38.1 Å². The number of anilines is 1. The number of carbonyl (C=O) groups excluding carboxylic acids is 1. The summed E-state index contributed by atoms with van der Waals surface area (Å²) in [4.78, 5) is 16.8. The van der Waals surface area contributed by atoms with Gasteiger partial charge in [0, 0.05) is 28.2 Å². The van der Waals surface area contributed by atoms with Crippen molar-refractivity contribution in [1.82, 2.24) is 4.90 Å². The van der Waals surface area contributed by atoms with Crippen molar-refractivity contribution in [2.24, 2.45) is 0 Å². The van der Waals surface area contributed by atoms with Gasteiger partial charge in [0.25, 0.3) is 0 Å². The predicted octanol–water partition coefficient (Wildman–Crippen LogP) is 3.88. The van der Waals surface area contributed by atoms with E-state index in [1.807, 2.05) is 36.9 Å². The molecule has 0 aromatic heterocycles. The molecule has 4 nitrogen and oxygen atoms in total. The number of halogens is 2. The molecule has 2 aliphatic heterocycles. The number of amides is 1. The fourth-order valence-electron chi connectivity index (χ4n) is 4.05. The van der Waals surface area contributed by atoms with Gasteiger partial charge in [0.2, 0.25) is 5.91 Å². The van der Waals surface area contributed by atoms with E-state index < -0.39 is 5.72 Å². The monoisotopic (exact) mass is 418 g/mol. The summed E-state index contributed by atoms with van der Waals surface area (Å²) in [6.45, 7) is 5.15. The highest BCUT2D eigenvalue weighted by molar-refractivity contribution is 9.10. The van der Waals surface area contributed by atoms with Crippen LogP contribution in [-0.2, 0) is 15.3 Å². The molecule has 0 radical (unpaired) electrons. The quantitative estimate of drug-likeness (QED) is 0.741. The fraction of sp³-hybridized carbons (Fsp3) is 0.350. The van der Waals surface area contributed by atoms with Crippen LogP contribution in [0.4, 0.5) is 10.1 Å². The van der Waals surface area contributed by atoms with Gasteiger partial charge >= 0.3 is 0 Å². The third-order valence-electron chi connectivity index (χ3n) is 5.05. The smallest absolute Gasteiger partial charge is 0.241 e. The molecule has 0 spiro atoms. The van der Waals surface area contributed by atoms with Gasteiger partial charge in [-0.3, -0.25) is 9.69 Å². The van der Waals surface area contributed by atoms with Crippen LogP contribution < -0.4 is 4.90 Å². The number of carbonyl (C=O) groups is 1. The van der Waals surface area contributed by atoms with E-state index in [2.05, 4.69) is 15.9 Å². The lowest BCUT2D eigenvalue weighted by atomic mass is 9.91. The first-order chi connectivity index (χ1) is 12.4. The number of hydrogen-bond donors (Lipinski definition) is 0. The Kier molecular flexibility index (Phi) is 4.37. The molecule has 0 aliphatic carbocycles. The summed E-state index contributed by atoms with van der Waals surface area (Å²) in [7, 11) is 0. The van der Waals surface area contributed by atoms with Crippen LogP contribution in [0.25, 0.3) is 0 Å². The summed E-state index contributed by atoms with van der Waals surface area (Å²) >= 11 is 3.53. The standard InChI is InChI=1S/C20H20BrFN2O2/c1-13(2)24-18-8-7-14(21)11-16(18)20(15-5-3-4-6-17(15)22)23(9-10-26-20)12-19(24)25/h3-8,11,13H,9-10,12H2,1-2H3. The van der Waals surface area contributed by atoms with Crippen molar-refractivity contribution in [3.8, 4) is 0 Å². The molecule has 6 heteroatoms. The van der Waals surface area contributed by atoms with Crippen molar-refractivity contribution in [1.29, 1.82) is 0 Å². The second-order valence-corrected chi connectivity index (χ2v) is 7.83. The van der Waals surface area contributed by atoms with Crippen LogP contribution in [0.2, 0.25) is 0 Å². The Morgan fingerprint density at radius 3 is 2.69 bits per heavy atom. The molecular formula is C20H20BrFN2O2. The molecule has 1 unspecified atom stereocenters. The Hall–Kier alpha value is -1.76. The van der Waals surface area contributed by atoms with Crippen LogP contribution in [0.3, 0.4) is 0 Å². The number of nitrogens with zero attached hydrogens (tertiary/aromatic N) is 2. The van der Waals surface area contributed by atoms with E-state index in [0.29, 0.717) is 18.7 Å². The zero-order valence-corrected chi connectivity index (χ0v) is 16.3. The molecule has 1 saturated heterocycles. The second kappa shape index (κ2) is 6.44. The van der Waals surface area contributed by atoms with Gasteiger partial charge in [-0.25, -0.2) is 4.39 Å². The molecule has 2 aliphatic rings. The van der Waals surface area contributed by atoms with Crippen molar-refractivity contribution in [3.63, 3.8) is 0 Å². The lowest BCUT2D eigenvalue weighted by Gasteiger charge is -2.37. The summed E-state index contributed by atoms with van der Waals surface area (Å²) in [5, 5.41) is 0. The minimum absolute atomic E-state index is 0.00714. The zero-order valence-electron chi connectivity index (χ0n) is 14.7. The van der Waals surface area contributed by atoms with E-state index in [-0.39, 0.29) is 24.3 Å². The van der Waals surface area contributed by atoms with Crippen molar-refractivity contribution < 1.29 is 13.9 Å². The third-order valence-corrected chi connectivity index (χ3v) is 5.54. The summed E-state index contributed by atoms with van der Waals surface area (Å²) in [6.07, 6.45) is 0. The van der Waals surface area contributed by atoms with Gasteiger partial charge in [-0.2, -0.15) is 0 Å². The van der Waals surface area contributed by atoms with Gasteiger partial charge in [0.1, 0.15) is 5.82 Å². The average molecular weight is 419 g/mol. The summed E-state index contributed by atoms with van der Waals surface area (Å²) in [5.74, 6) is -0.344. The summed E-state index contributed by atoms with van der Waals surface area (Å²) in [5.41, 5.74) is 0.883. The molecule has 0 saturated carbocycles. The minimum atomic E-state index is -1.11. The largest absolute Gasteiger partial charge is 0.350 e. The zero-order chi connectivity index (χ0) is 18.5. The van der Waals surface area contributed by atoms with Gasteiger partial charge in [0.05, 0.1) is 18.8 Å². The third kappa shape index (κ3) is 2.51. The van der Waals surface area contributed by atoms with Crippen molar-refractivity contribution >= 4 is 27.5 Å². The van der Waals surface area contributed by atoms with Crippen molar-refractivity contribution in [2.75, 3.05) is 24.6 Å². The Morgan fingerprint density at radius 1 is 1.19 bits per heavy atom. The highest BCUT2D eigenvalue weighted by atomic mass is 79.9. The van der Waals surface area contributed by atoms with E-state index in [9.17, 15) is 9.18 Å². The molecule has 0 N–H and O–H groups in total. The Labute approximate surface area is 160 Å². The molecule has 2 aromatic carbocycles. The van der Waals surface area contributed by atoms with Crippen molar-refractivity contribution in [2.45, 2.75) is 25.6 Å². The highest BCUT2D eigenvalue weighted by Crippen LogP contribution is 2.48. The first-order valence-electron chi connectivity index (χ1n) is 8.71. The topological polar surface area (TPSA) is 32.8 Å². The Morgan fingerprint density at radius 2 is 1.96 bits per heavy atom. The SMILES string of the molecule is CC(C)N1C(=O)CN2CCOC2(c2ccccc2F)c2cc(Br)ccc21. The molecule has 0 bridgehead atoms. The van der Waals surface area contributed by atoms with Crippen LogP contribution in [0.1, 0.15) is 25.0 Å². The molecule has 1 atom stereocenters. The lowest BCUT2D eigenvalue weighted by molar-refractivity contribution is -0.123. The Bertz CT molecular complexity index is 873. The molecule has 2 aromatic rings. The fourth-order valence-corrected chi connectivity index (χ4v) is 4.41. The van der Waals surface area contributed by atoms with Crippen LogP contribution in [-0.4, -0.2) is 36.5 Å². The van der Waals surface area contributed by atoms with E-state index in [1.165, 1.54) is 6.07 Å². The average Bonchev–Trinajstić information content (AvgIpc) is 2.96. The molecule has 26 heavy (non-hydrogen) atoms. The molecule has 4 rings (SSSR count). The molecule has 2 heterocycles. The van der Waals surface area contributed by atoms with E-state index >= 15 is 0 Å². The maximum absolute atomic E-state index is 14.9. The maximum Gasteiger partial charge on any atom is 0.241 e. The van der Waals surface area contributed by atoms with Gasteiger partial charge in [0.15, 0.2) is 5.72 Å². The first-order valence-corrected chi connectivity index (χ1v) is 9.50. The number of fused-ring (bicyclic) bond motifs is 3. The van der Waals surface area contributed by atoms with Crippen molar-refractivity contribution in [3.05, 3.63) is 63.9 Å². The first kappa shape index (κ1) is 17.6. The van der Waals surface area contributed by atoms with E-state index in [1.54, 1.807) is 23.1 Å². The number of hydrogen-bond acceptors (Lipinski definition) is 3. The normalized spacial score (nSPS) is 23.1. The number of rotatable bonds is 2. The van der Waals surface area contributed by atoms with Gasteiger partial charge in [-0.1, -0.05) is 34.1 Å². The van der Waals surface area contributed by atoms with Crippen LogP contribution >= 0.6 is 15.9 Å². The second-order valence-electron chi connectivity index (χ2n) is 6.91. The van der Waals surface area contributed by atoms with Crippen LogP contribution in [0.15, 0.2) is 46.9 Å². The maximum atomic E-state index is 14.9. The highest BCUT2D eigenvalue weighted by Gasteiger charge is 2.52. The number of benzene rings is 2. The predicted molar refractivity (Wildman–Crippen MR) is 101 cm³/mol. The molecule has 136 valence electrons. The molecule has 1 fully saturated rings. The molecular weight excluding hydrogens is 399 g/mol. The minimum Gasteiger partial charge on any atom is -0.350 e. The number of ether oxygens (including phenoxy) is 1. The van der Waals surface area contributed by atoms with E-state index in [0.717, 1.165) is 15.7 Å². The van der Waals surface area contributed by atoms with Gasteiger partial charge in [-0.15, -0.1) is 0 Å². The lowest BCUT2D eigenvalue weighted by Crippen LogP contribution is -2.46. The van der Waals surface area contributed by atoms with Crippen LogP contribution in [0, 0.1) is 5.82 Å². The summed E-state index contributed by atoms with van der Waals surface area (Å²) in [6, 6.07) is 12.4. The Balaban J connectivity index is 2.06.